The maximum Gasteiger partial charge on any atom is 0.274 e. The van der Waals surface area contributed by atoms with Gasteiger partial charge in [-0.15, -0.1) is 0 Å². The third kappa shape index (κ3) is 4.32. The number of rotatable bonds is 7. The average molecular weight is 316 g/mol. The Labute approximate surface area is 135 Å². The third-order valence-corrected chi connectivity index (χ3v) is 3.11. The van der Waals surface area contributed by atoms with Crippen molar-refractivity contribution in [1.29, 1.82) is 0 Å². The highest BCUT2D eigenvalue weighted by Crippen LogP contribution is 2.29. The first-order valence-electron chi connectivity index (χ1n) is 7.27. The molecular weight excluding hydrogens is 296 g/mol. The number of carbonyl (C=O) groups is 1. The molecule has 0 aliphatic heterocycles. The van der Waals surface area contributed by atoms with Crippen molar-refractivity contribution in [2.75, 3.05) is 31.4 Å². The van der Waals surface area contributed by atoms with Crippen molar-refractivity contribution in [3.05, 3.63) is 36.3 Å². The number of nitrogens with one attached hydrogen (secondary N) is 2. The zero-order valence-electron chi connectivity index (χ0n) is 13.4. The zero-order valence-corrected chi connectivity index (χ0v) is 13.4. The van der Waals surface area contributed by atoms with Gasteiger partial charge in [0.15, 0.2) is 0 Å². The summed E-state index contributed by atoms with van der Waals surface area (Å²) in [7, 11) is 3.10. The van der Waals surface area contributed by atoms with E-state index in [1.165, 1.54) is 13.4 Å². The van der Waals surface area contributed by atoms with Gasteiger partial charge < -0.3 is 20.1 Å². The summed E-state index contributed by atoms with van der Waals surface area (Å²) in [6.07, 6.45) is 2.33. The van der Waals surface area contributed by atoms with Crippen molar-refractivity contribution in [2.45, 2.75) is 13.3 Å². The van der Waals surface area contributed by atoms with E-state index in [9.17, 15) is 4.79 Å². The molecule has 2 N–H and O–H groups in total. The highest BCUT2D eigenvalue weighted by Gasteiger charge is 2.12. The van der Waals surface area contributed by atoms with Crippen LogP contribution in [0.25, 0.3) is 0 Å². The molecule has 2 rings (SSSR count). The average Bonchev–Trinajstić information content (AvgIpc) is 2.60. The van der Waals surface area contributed by atoms with E-state index in [2.05, 4.69) is 27.5 Å². The Balaban J connectivity index is 2.15. The first-order valence-corrected chi connectivity index (χ1v) is 7.27. The van der Waals surface area contributed by atoms with Gasteiger partial charge in [-0.3, -0.25) is 4.79 Å². The van der Waals surface area contributed by atoms with E-state index in [-0.39, 0.29) is 11.6 Å². The van der Waals surface area contributed by atoms with Crippen LogP contribution in [0.4, 0.5) is 11.5 Å². The lowest BCUT2D eigenvalue weighted by molar-refractivity contribution is 0.102. The van der Waals surface area contributed by atoms with Crippen LogP contribution in [0.2, 0.25) is 0 Å². The molecule has 0 atom stereocenters. The largest absolute Gasteiger partial charge is 0.497 e. The summed E-state index contributed by atoms with van der Waals surface area (Å²) in [6.45, 7) is 2.84. The van der Waals surface area contributed by atoms with Crippen molar-refractivity contribution < 1.29 is 14.3 Å². The molecule has 0 radical (unpaired) electrons. The fourth-order valence-electron chi connectivity index (χ4n) is 1.92. The Hall–Kier alpha value is -2.83. The number of hydrogen-bond acceptors (Lipinski definition) is 6. The lowest BCUT2D eigenvalue weighted by Gasteiger charge is -2.11. The molecule has 0 saturated carbocycles. The molecule has 7 heteroatoms. The molecule has 7 nitrogen and oxygen atoms in total. The molecule has 2 aromatic rings. The van der Waals surface area contributed by atoms with Gasteiger partial charge in [0.2, 0.25) is 0 Å². The summed E-state index contributed by atoms with van der Waals surface area (Å²) in [6, 6.07) is 6.77. The summed E-state index contributed by atoms with van der Waals surface area (Å²) in [5.74, 6) is 1.44. The minimum Gasteiger partial charge on any atom is -0.497 e. The van der Waals surface area contributed by atoms with Crippen LogP contribution < -0.4 is 20.1 Å². The van der Waals surface area contributed by atoms with Crippen LogP contribution >= 0.6 is 0 Å². The van der Waals surface area contributed by atoms with Crippen molar-refractivity contribution in [1.82, 2.24) is 9.97 Å². The van der Waals surface area contributed by atoms with Gasteiger partial charge in [0, 0.05) is 18.7 Å². The number of carbonyl (C=O) groups excluding carboxylic acids is 1. The first kappa shape index (κ1) is 16.5. The van der Waals surface area contributed by atoms with E-state index >= 15 is 0 Å². The smallest absolute Gasteiger partial charge is 0.274 e. The lowest BCUT2D eigenvalue weighted by Crippen LogP contribution is -2.15. The number of aromatic nitrogens is 2. The quantitative estimate of drug-likeness (QED) is 0.816. The van der Waals surface area contributed by atoms with Gasteiger partial charge in [-0.05, 0) is 18.6 Å². The van der Waals surface area contributed by atoms with Crippen LogP contribution in [-0.2, 0) is 0 Å². The number of nitrogens with zero attached hydrogens (tertiary/aromatic N) is 2. The fourth-order valence-corrected chi connectivity index (χ4v) is 1.92. The van der Waals surface area contributed by atoms with Crippen molar-refractivity contribution in [2.24, 2.45) is 0 Å². The number of methoxy groups -OCH3 is 2. The summed E-state index contributed by atoms with van der Waals surface area (Å²) < 4.78 is 10.4. The molecule has 0 aliphatic rings. The maximum absolute atomic E-state index is 12.3. The highest BCUT2D eigenvalue weighted by atomic mass is 16.5. The van der Waals surface area contributed by atoms with Gasteiger partial charge >= 0.3 is 0 Å². The van der Waals surface area contributed by atoms with E-state index in [4.69, 9.17) is 9.47 Å². The molecule has 0 fully saturated rings. The van der Waals surface area contributed by atoms with E-state index in [0.717, 1.165) is 13.0 Å². The van der Waals surface area contributed by atoms with Crippen LogP contribution in [0.5, 0.6) is 11.5 Å². The van der Waals surface area contributed by atoms with E-state index in [1.807, 2.05) is 0 Å². The summed E-state index contributed by atoms with van der Waals surface area (Å²) in [4.78, 5) is 20.4. The van der Waals surface area contributed by atoms with Crippen molar-refractivity contribution in [3.8, 4) is 11.5 Å². The Morgan fingerprint density at radius 3 is 2.70 bits per heavy atom. The van der Waals surface area contributed by atoms with Crippen molar-refractivity contribution in [3.63, 3.8) is 0 Å². The Kier molecular flexibility index (Phi) is 5.74. The molecule has 0 spiro atoms. The topological polar surface area (TPSA) is 85.4 Å². The van der Waals surface area contributed by atoms with Crippen LogP contribution in [-0.4, -0.2) is 36.6 Å². The number of benzene rings is 1. The third-order valence-electron chi connectivity index (χ3n) is 3.11. The molecule has 23 heavy (non-hydrogen) atoms. The Morgan fingerprint density at radius 2 is 2.00 bits per heavy atom. The number of amides is 1. The summed E-state index contributed by atoms with van der Waals surface area (Å²) in [5, 5.41) is 5.89. The summed E-state index contributed by atoms with van der Waals surface area (Å²) >= 11 is 0. The number of ether oxygens (including phenoxy) is 2. The molecule has 0 bridgehead atoms. The minimum atomic E-state index is -0.338. The molecule has 1 amide bonds. The van der Waals surface area contributed by atoms with E-state index < -0.39 is 0 Å². The highest BCUT2D eigenvalue weighted by molar-refractivity contribution is 6.04. The SMILES string of the molecule is CCCNc1cc(C(=O)Nc2ccc(OC)cc2OC)ncn1. The van der Waals surface area contributed by atoms with Gasteiger partial charge in [0.1, 0.15) is 29.3 Å². The maximum atomic E-state index is 12.3. The van der Waals surface area contributed by atoms with E-state index in [1.54, 1.807) is 31.4 Å². The molecule has 1 aromatic heterocycles. The predicted molar refractivity (Wildman–Crippen MR) is 88.3 cm³/mol. The second kappa shape index (κ2) is 7.98. The molecule has 0 unspecified atom stereocenters. The van der Waals surface area contributed by atoms with Gasteiger partial charge in [-0.1, -0.05) is 6.92 Å². The predicted octanol–water partition coefficient (Wildman–Crippen LogP) is 2.57. The lowest BCUT2D eigenvalue weighted by atomic mass is 10.2. The van der Waals surface area contributed by atoms with Gasteiger partial charge in [0.25, 0.3) is 5.91 Å². The molecule has 0 aliphatic carbocycles. The first-order chi connectivity index (χ1) is 11.2. The van der Waals surface area contributed by atoms with Gasteiger partial charge in [0.05, 0.1) is 19.9 Å². The second-order valence-electron chi connectivity index (χ2n) is 4.74. The van der Waals surface area contributed by atoms with Crippen LogP contribution in [0.15, 0.2) is 30.6 Å². The van der Waals surface area contributed by atoms with Crippen LogP contribution in [0.3, 0.4) is 0 Å². The molecule has 122 valence electrons. The normalized spacial score (nSPS) is 10.0. The molecule has 0 saturated heterocycles. The standard InChI is InChI=1S/C16H20N4O3/c1-4-7-17-15-9-13(18-10-19-15)16(21)20-12-6-5-11(22-2)8-14(12)23-3/h5-6,8-10H,4,7H2,1-3H3,(H,20,21)(H,17,18,19). The number of hydrogen-bond donors (Lipinski definition) is 2. The monoisotopic (exact) mass is 316 g/mol. The molecule has 1 heterocycles. The summed E-state index contributed by atoms with van der Waals surface area (Å²) in [5.41, 5.74) is 0.816. The fraction of sp³-hybridized carbons (Fsp3) is 0.312. The van der Waals surface area contributed by atoms with Gasteiger partial charge in [-0.25, -0.2) is 9.97 Å². The zero-order chi connectivity index (χ0) is 16.7. The van der Waals surface area contributed by atoms with Crippen LogP contribution in [0, 0.1) is 0 Å². The Bertz CT molecular complexity index is 676. The number of anilines is 2. The van der Waals surface area contributed by atoms with E-state index in [0.29, 0.717) is 23.0 Å². The van der Waals surface area contributed by atoms with Crippen molar-refractivity contribution >= 4 is 17.4 Å². The minimum absolute atomic E-state index is 0.275. The second-order valence-corrected chi connectivity index (χ2v) is 4.74. The molecule has 1 aromatic carbocycles. The van der Waals surface area contributed by atoms with Crippen LogP contribution in [0.1, 0.15) is 23.8 Å². The Morgan fingerprint density at radius 1 is 1.17 bits per heavy atom. The van der Waals surface area contributed by atoms with Gasteiger partial charge in [-0.2, -0.15) is 0 Å². The molecular formula is C16H20N4O3.